The molecule has 0 aliphatic heterocycles. The molecule has 2 aromatic carbocycles. The van der Waals surface area contributed by atoms with Crippen molar-refractivity contribution in [1.29, 1.82) is 0 Å². The van der Waals surface area contributed by atoms with Crippen molar-refractivity contribution in [2.45, 2.75) is 26.0 Å². The van der Waals surface area contributed by atoms with Crippen LogP contribution in [0.15, 0.2) is 48.5 Å². The molecule has 0 spiro atoms. The number of rotatable bonds is 8. The molecule has 2 N–H and O–H groups in total. The summed E-state index contributed by atoms with van der Waals surface area (Å²) in [6.07, 6.45) is -0.228. The lowest BCUT2D eigenvalue weighted by Crippen LogP contribution is -2.23. The van der Waals surface area contributed by atoms with Crippen molar-refractivity contribution in [3.63, 3.8) is 0 Å². The predicted molar refractivity (Wildman–Crippen MR) is 85.9 cm³/mol. The van der Waals surface area contributed by atoms with E-state index in [1.165, 1.54) is 6.07 Å². The summed E-state index contributed by atoms with van der Waals surface area (Å²) in [6, 6.07) is 13.5. The van der Waals surface area contributed by atoms with Gasteiger partial charge in [0.05, 0.1) is 6.42 Å². The topological polar surface area (TPSA) is 75.6 Å². The molecule has 0 bridgehead atoms. The monoisotopic (exact) mass is 331 g/mol. The third kappa shape index (κ3) is 5.72. The fraction of sp³-hybridized carbons (Fsp3) is 0.222. The van der Waals surface area contributed by atoms with Gasteiger partial charge in [-0.2, -0.15) is 0 Å². The van der Waals surface area contributed by atoms with E-state index in [1.54, 1.807) is 42.5 Å². The Morgan fingerprint density at radius 1 is 1.04 bits per heavy atom. The first-order chi connectivity index (χ1) is 11.5. The number of carbonyl (C=O) groups is 2. The zero-order valence-electron chi connectivity index (χ0n) is 13.0. The molecule has 6 heteroatoms. The highest BCUT2D eigenvalue weighted by Crippen LogP contribution is 2.15. The Labute approximate surface area is 139 Å². The molecular formula is C18H18FNO4. The summed E-state index contributed by atoms with van der Waals surface area (Å²) < 4.78 is 19.0. The minimum atomic E-state index is -0.999. The van der Waals surface area contributed by atoms with Crippen LogP contribution in [0.5, 0.6) is 5.75 Å². The molecule has 2 aromatic rings. The molecule has 5 nitrogen and oxygen atoms in total. The molecule has 0 aliphatic rings. The molecule has 0 saturated carbocycles. The molecule has 0 aliphatic carbocycles. The van der Waals surface area contributed by atoms with Gasteiger partial charge in [-0.3, -0.25) is 9.59 Å². The Hall–Kier alpha value is -2.89. The lowest BCUT2D eigenvalue weighted by molar-refractivity contribution is -0.138. The van der Waals surface area contributed by atoms with Gasteiger partial charge in [-0.1, -0.05) is 30.3 Å². The van der Waals surface area contributed by atoms with Crippen molar-refractivity contribution in [1.82, 2.24) is 5.32 Å². The predicted octanol–water partition coefficient (Wildman–Crippen LogP) is 2.89. The van der Waals surface area contributed by atoms with Crippen molar-refractivity contribution < 1.29 is 23.8 Å². The Morgan fingerprint density at radius 3 is 2.42 bits per heavy atom. The molecule has 0 fully saturated rings. The number of aliphatic carboxylic acids is 1. The van der Waals surface area contributed by atoms with Crippen LogP contribution < -0.4 is 10.1 Å². The smallest absolute Gasteiger partial charge is 0.303 e. The normalized spacial score (nSPS) is 10.2. The summed E-state index contributed by atoms with van der Waals surface area (Å²) in [5, 5.41) is 11.2. The average Bonchev–Trinajstić information content (AvgIpc) is 2.58. The number of amides is 1. The van der Waals surface area contributed by atoms with E-state index in [-0.39, 0.29) is 31.2 Å². The lowest BCUT2D eigenvalue weighted by atomic mass is 10.2. The highest BCUT2D eigenvalue weighted by Gasteiger charge is 2.05. The fourth-order valence-corrected chi connectivity index (χ4v) is 1.99. The van der Waals surface area contributed by atoms with Crippen molar-refractivity contribution in [2.24, 2.45) is 0 Å². The molecule has 0 saturated heterocycles. The number of halogens is 1. The Morgan fingerprint density at radius 2 is 1.75 bits per heavy atom. The summed E-state index contributed by atoms with van der Waals surface area (Å²) in [5.41, 5.74) is 1.34. The van der Waals surface area contributed by atoms with Crippen molar-refractivity contribution >= 4 is 11.9 Å². The summed E-state index contributed by atoms with van der Waals surface area (Å²) in [5.74, 6) is -1.02. The van der Waals surface area contributed by atoms with E-state index < -0.39 is 5.97 Å². The van der Waals surface area contributed by atoms with E-state index in [1.807, 2.05) is 0 Å². The molecular weight excluding hydrogens is 313 g/mol. The van der Waals surface area contributed by atoms with Crippen molar-refractivity contribution in [3.05, 3.63) is 65.5 Å². The molecule has 126 valence electrons. The summed E-state index contributed by atoms with van der Waals surface area (Å²) in [6.45, 7) is 0.448. The quantitative estimate of drug-likeness (QED) is 0.780. The van der Waals surface area contributed by atoms with Gasteiger partial charge in [-0.05, 0) is 23.8 Å². The fourth-order valence-electron chi connectivity index (χ4n) is 1.99. The largest absolute Gasteiger partial charge is 0.489 e. The average molecular weight is 331 g/mol. The summed E-state index contributed by atoms with van der Waals surface area (Å²) in [4.78, 5) is 21.8. The highest BCUT2D eigenvalue weighted by atomic mass is 19.1. The Balaban J connectivity index is 1.79. The first-order valence-corrected chi connectivity index (χ1v) is 7.48. The van der Waals surface area contributed by atoms with Crippen molar-refractivity contribution in [2.75, 3.05) is 0 Å². The van der Waals surface area contributed by atoms with Gasteiger partial charge in [0, 0.05) is 18.5 Å². The van der Waals surface area contributed by atoms with Crippen LogP contribution in [0.2, 0.25) is 0 Å². The summed E-state index contributed by atoms with van der Waals surface area (Å²) >= 11 is 0. The van der Waals surface area contributed by atoms with Gasteiger partial charge >= 0.3 is 5.97 Å². The van der Waals surface area contributed by atoms with Crippen LogP contribution in [0.1, 0.15) is 24.0 Å². The van der Waals surface area contributed by atoms with E-state index >= 15 is 0 Å². The van der Waals surface area contributed by atoms with Crippen LogP contribution in [0.25, 0.3) is 0 Å². The molecule has 2 rings (SSSR count). The Bertz CT molecular complexity index is 700. The minimum Gasteiger partial charge on any atom is -0.489 e. The number of carboxylic acid groups (broad SMARTS) is 1. The maximum absolute atomic E-state index is 13.5. The zero-order chi connectivity index (χ0) is 17.4. The van der Waals surface area contributed by atoms with Crippen LogP contribution >= 0.6 is 0 Å². The number of hydrogen-bond donors (Lipinski definition) is 2. The van der Waals surface area contributed by atoms with Gasteiger partial charge in [0.15, 0.2) is 0 Å². The molecule has 1 amide bonds. The van der Waals surface area contributed by atoms with Gasteiger partial charge in [0.2, 0.25) is 5.91 Å². The second kappa shape index (κ2) is 8.67. The number of hydrogen-bond acceptors (Lipinski definition) is 3. The number of ether oxygens (including phenoxy) is 1. The third-order valence-electron chi connectivity index (χ3n) is 3.33. The van der Waals surface area contributed by atoms with Crippen molar-refractivity contribution in [3.8, 4) is 5.75 Å². The van der Waals surface area contributed by atoms with Gasteiger partial charge in [0.25, 0.3) is 0 Å². The Kier molecular flexibility index (Phi) is 6.31. The van der Waals surface area contributed by atoms with E-state index in [2.05, 4.69) is 5.32 Å². The van der Waals surface area contributed by atoms with Crippen LogP contribution in [0.3, 0.4) is 0 Å². The van der Waals surface area contributed by atoms with E-state index in [0.717, 1.165) is 5.56 Å². The molecule has 0 atom stereocenters. The van der Waals surface area contributed by atoms with Gasteiger partial charge in [0.1, 0.15) is 18.2 Å². The summed E-state index contributed by atoms with van der Waals surface area (Å²) in [7, 11) is 0. The second-order valence-electron chi connectivity index (χ2n) is 5.19. The van der Waals surface area contributed by atoms with Gasteiger partial charge in [-0.15, -0.1) is 0 Å². The maximum Gasteiger partial charge on any atom is 0.303 e. The van der Waals surface area contributed by atoms with Gasteiger partial charge < -0.3 is 15.2 Å². The van der Waals surface area contributed by atoms with Crippen LogP contribution in [-0.2, 0) is 22.7 Å². The number of carboxylic acids is 1. The molecule has 0 unspecified atom stereocenters. The number of benzene rings is 2. The van der Waals surface area contributed by atoms with E-state index in [9.17, 15) is 14.0 Å². The number of carbonyl (C=O) groups excluding carboxylic acids is 1. The van der Waals surface area contributed by atoms with E-state index in [4.69, 9.17) is 9.84 Å². The SMILES string of the molecule is O=C(O)CCC(=O)NCc1ccc(OCc2ccccc2F)cc1. The molecule has 0 radical (unpaired) electrons. The van der Waals surface area contributed by atoms with Crippen LogP contribution in [0.4, 0.5) is 4.39 Å². The standard InChI is InChI=1S/C18H18FNO4/c19-16-4-2-1-3-14(16)12-24-15-7-5-13(6-8-15)11-20-17(21)9-10-18(22)23/h1-8H,9-12H2,(H,20,21)(H,22,23). The van der Waals surface area contributed by atoms with E-state index in [0.29, 0.717) is 17.9 Å². The molecule has 0 heterocycles. The maximum atomic E-state index is 13.5. The highest BCUT2D eigenvalue weighted by molar-refractivity contribution is 5.80. The first kappa shape index (κ1) is 17.5. The molecule has 0 aromatic heterocycles. The lowest BCUT2D eigenvalue weighted by Gasteiger charge is -2.09. The minimum absolute atomic E-state index is 0.0425. The number of nitrogens with one attached hydrogen (secondary N) is 1. The first-order valence-electron chi connectivity index (χ1n) is 7.48. The van der Waals surface area contributed by atoms with Gasteiger partial charge in [-0.25, -0.2) is 4.39 Å². The second-order valence-corrected chi connectivity index (χ2v) is 5.19. The van der Waals surface area contributed by atoms with Crippen LogP contribution in [-0.4, -0.2) is 17.0 Å². The molecule has 24 heavy (non-hydrogen) atoms. The third-order valence-corrected chi connectivity index (χ3v) is 3.33. The zero-order valence-corrected chi connectivity index (χ0v) is 13.0. The van der Waals surface area contributed by atoms with Crippen LogP contribution in [0, 0.1) is 5.82 Å².